The molecule has 1 fully saturated rings. The van der Waals surface area contributed by atoms with E-state index in [1.165, 1.54) is 5.57 Å². The average molecular weight is 402 g/mol. The van der Waals surface area contributed by atoms with Crippen LogP contribution in [0.15, 0.2) is 35.9 Å². The zero-order valence-electron chi connectivity index (χ0n) is 13.7. The monoisotopic (exact) mass is 401 g/mol. The Hall–Kier alpha value is -1.21. The van der Waals surface area contributed by atoms with Crippen LogP contribution in [-0.4, -0.2) is 54.0 Å². The largest absolute Gasteiger partial charge is 0.351 e. The molecule has 1 unspecified atom stereocenters. The van der Waals surface area contributed by atoms with E-state index < -0.39 is 6.04 Å². The quantitative estimate of drug-likeness (QED) is 0.759. The van der Waals surface area contributed by atoms with E-state index in [1.54, 1.807) is 40.9 Å². The fraction of sp³-hybridized carbons (Fsp3) is 0.412. The van der Waals surface area contributed by atoms with E-state index in [0.717, 1.165) is 19.5 Å². The van der Waals surface area contributed by atoms with Gasteiger partial charge in [-0.1, -0.05) is 23.3 Å². The van der Waals surface area contributed by atoms with Crippen molar-refractivity contribution in [2.45, 2.75) is 12.5 Å². The number of benzene rings is 1. The van der Waals surface area contributed by atoms with Crippen molar-refractivity contribution < 1.29 is 9.59 Å². The molecule has 8 heteroatoms. The number of nitrogens with zero attached hydrogens (tertiary/aromatic N) is 1. The topological polar surface area (TPSA) is 61.4 Å². The molecule has 136 valence electrons. The number of halogens is 2. The second kappa shape index (κ2) is 9.48. The Morgan fingerprint density at radius 3 is 2.76 bits per heavy atom. The van der Waals surface area contributed by atoms with E-state index in [-0.39, 0.29) is 24.2 Å². The first-order valence-electron chi connectivity index (χ1n) is 7.96. The molecule has 0 saturated carbocycles. The van der Waals surface area contributed by atoms with Gasteiger partial charge in [-0.2, -0.15) is 0 Å². The normalized spacial score (nSPS) is 19.8. The Morgan fingerprint density at radius 2 is 2.08 bits per heavy atom. The van der Waals surface area contributed by atoms with Crippen LogP contribution in [0.5, 0.6) is 0 Å². The molecule has 2 heterocycles. The lowest BCUT2D eigenvalue weighted by molar-refractivity contribution is -0.124. The molecule has 2 aliphatic rings. The highest BCUT2D eigenvalue weighted by molar-refractivity contribution is 7.99. The van der Waals surface area contributed by atoms with E-state index >= 15 is 0 Å². The second-order valence-corrected chi connectivity index (χ2v) is 7.27. The van der Waals surface area contributed by atoms with Gasteiger partial charge in [0.05, 0.1) is 5.88 Å². The zero-order valence-corrected chi connectivity index (χ0v) is 16.1. The van der Waals surface area contributed by atoms with Crippen LogP contribution in [-0.2, 0) is 4.79 Å². The maximum absolute atomic E-state index is 12.6. The van der Waals surface area contributed by atoms with E-state index in [9.17, 15) is 9.59 Å². The minimum Gasteiger partial charge on any atom is -0.351 e. The third-order valence-corrected chi connectivity index (χ3v) is 5.45. The van der Waals surface area contributed by atoms with E-state index in [1.807, 2.05) is 0 Å². The summed E-state index contributed by atoms with van der Waals surface area (Å²) >= 11 is 7.47. The van der Waals surface area contributed by atoms with Gasteiger partial charge in [-0.15, -0.1) is 24.2 Å². The number of thioether (sulfide) groups is 1. The van der Waals surface area contributed by atoms with Gasteiger partial charge in [-0.3, -0.25) is 9.59 Å². The lowest BCUT2D eigenvalue weighted by Crippen LogP contribution is -2.47. The van der Waals surface area contributed by atoms with Gasteiger partial charge in [0.25, 0.3) is 5.91 Å². The van der Waals surface area contributed by atoms with Crippen molar-refractivity contribution in [3.8, 4) is 0 Å². The van der Waals surface area contributed by atoms with E-state index in [4.69, 9.17) is 11.6 Å². The molecule has 0 aromatic heterocycles. The lowest BCUT2D eigenvalue weighted by atomic mass is 10.1. The van der Waals surface area contributed by atoms with Gasteiger partial charge in [-0.05, 0) is 37.2 Å². The molecule has 0 bridgehead atoms. The molecule has 3 rings (SSSR count). The summed E-state index contributed by atoms with van der Waals surface area (Å²) in [4.78, 5) is 26.8. The van der Waals surface area contributed by atoms with E-state index in [0.29, 0.717) is 28.8 Å². The molecule has 1 aromatic carbocycles. The first kappa shape index (κ1) is 20.1. The molecule has 0 aliphatic carbocycles. The summed E-state index contributed by atoms with van der Waals surface area (Å²) in [6.45, 7) is 2.36. The molecule has 5 nitrogen and oxygen atoms in total. The van der Waals surface area contributed by atoms with Crippen LogP contribution in [0.4, 0.5) is 0 Å². The van der Waals surface area contributed by atoms with Crippen LogP contribution in [0.2, 0.25) is 5.02 Å². The Kier molecular flexibility index (Phi) is 7.62. The number of carbonyl (C=O) groups is 2. The number of nitrogens with one attached hydrogen (secondary N) is 2. The lowest BCUT2D eigenvalue weighted by Gasteiger charge is -2.24. The van der Waals surface area contributed by atoms with Gasteiger partial charge in [-0.25, -0.2) is 0 Å². The van der Waals surface area contributed by atoms with Crippen molar-refractivity contribution in [1.29, 1.82) is 0 Å². The molecule has 2 aliphatic heterocycles. The molecule has 1 atom stereocenters. The number of carbonyl (C=O) groups excluding carboxylic acids is 2. The SMILES string of the molecule is Cl.O=C(NCC1=CCNCC1)C1CSCN1C(=O)c1ccc(Cl)cc1. The zero-order chi connectivity index (χ0) is 16.9. The highest BCUT2D eigenvalue weighted by Gasteiger charge is 2.35. The third kappa shape index (κ3) is 5.14. The highest BCUT2D eigenvalue weighted by atomic mass is 35.5. The maximum atomic E-state index is 12.6. The molecular formula is C17H21Cl2N3O2S. The molecule has 25 heavy (non-hydrogen) atoms. The van der Waals surface area contributed by atoms with Crippen molar-refractivity contribution in [2.75, 3.05) is 31.3 Å². The summed E-state index contributed by atoms with van der Waals surface area (Å²) in [6, 6.07) is 6.36. The van der Waals surface area contributed by atoms with Crippen molar-refractivity contribution in [1.82, 2.24) is 15.5 Å². The third-order valence-electron chi connectivity index (χ3n) is 4.18. The first-order valence-corrected chi connectivity index (χ1v) is 9.49. The fourth-order valence-corrected chi connectivity index (χ4v) is 4.05. The molecular weight excluding hydrogens is 381 g/mol. The summed E-state index contributed by atoms with van der Waals surface area (Å²) in [5.74, 6) is 0.956. The Bertz CT molecular complexity index is 652. The van der Waals surface area contributed by atoms with Crippen LogP contribution >= 0.6 is 35.8 Å². The average Bonchev–Trinajstić information content (AvgIpc) is 3.10. The van der Waals surface area contributed by atoms with Gasteiger partial charge in [0.2, 0.25) is 5.91 Å². The number of hydrogen-bond donors (Lipinski definition) is 2. The Morgan fingerprint density at radius 1 is 1.32 bits per heavy atom. The summed E-state index contributed by atoms with van der Waals surface area (Å²) in [5.41, 5.74) is 1.80. The predicted molar refractivity (Wildman–Crippen MR) is 105 cm³/mol. The first-order chi connectivity index (χ1) is 11.6. The Balaban J connectivity index is 0.00000225. The van der Waals surface area contributed by atoms with Crippen molar-refractivity contribution >= 4 is 47.6 Å². The number of rotatable bonds is 4. The molecule has 1 aromatic rings. The molecule has 2 N–H and O–H groups in total. The minimum atomic E-state index is -0.416. The summed E-state index contributed by atoms with van der Waals surface area (Å²) < 4.78 is 0. The van der Waals surface area contributed by atoms with Crippen LogP contribution in [0.25, 0.3) is 0 Å². The fourth-order valence-electron chi connectivity index (χ4n) is 2.77. The van der Waals surface area contributed by atoms with Crippen molar-refractivity contribution in [2.24, 2.45) is 0 Å². The van der Waals surface area contributed by atoms with E-state index in [2.05, 4.69) is 16.7 Å². The highest BCUT2D eigenvalue weighted by Crippen LogP contribution is 2.24. The van der Waals surface area contributed by atoms with Crippen LogP contribution in [0, 0.1) is 0 Å². The van der Waals surface area contributed by atoms with Gasteiger partial charge in [0, 0.05) is 29.4 Å². The van der Waals surface area contributed by atoms with Gasteiger partial charge >= 0.3 is 0 Å². The van der Waals surface area contributed by atoms with Crippen molar-refractivity contribution in [3.05, 3.63) is 46.5 Å². The molecule has 1 saturated heterocycles. The van der Waals surface area contributed by atoms with Gasteiger partial charge in [0.1, 0.15) is 6.04 Å². The smallest absolute Gasteiger partial charge is 0.255 e. The molecule has 2 amide bonds. The number of hydrogen-bond acceptors (Lipinski definition) is 4. The van der Waals surface area contributed by atoms with Gasteiger partial charge in [0.15, 0.2) is 0 Å². The van der Waals surface area contributed by atoms with Crippen LogP contribution < -0.4 is 10.6 Å². The van der Waals surface area contributed by atoms with Gasteiger partial charge < -0.3 is 15.5 Å². The standard InChI is InChI=1S/C17H20ClN3O2S.ClH/c18-14-3-1-13(2-4-14)17(23)21-11-24-10-15(21)16(22)20-9-12-5-7-19-8-6-12;/h1-5,15,19H,6-11H2,(H,20,22);1H. The molecule has 0 spiro atoms. The predicted octanol–water partition coefficient (Wildman–Crippen LogP) is 2.31. The van der Waals surface area contributed by atoms with Crippen LogP contribution in [0.1, 0.15) is 16.8 Å². The minimum absolute atomic E-state index is 0. The number of amides is 2. The Labute approximate surface area is 163 Å². The summed E-state index contributed by atoms with van der Waals surface area (Å²) in [5, 5.41) is 6.81. The van der Waals surface area contributed by atoms with Crippen LogP contribution in [0.3, 0.4) is 0 Å². The second-order valence-electron chi connectivity index (χ2n) is 5.83. The summed E-state index contributed by atoms with van der Waals surface area (Å²) in [6.07, 6.45) is 3.07. The molecule has 0 radical (unpaired) electrons. The summed E-state index contributed by atoms with van der Waals surface area (Å²) in [7, 11) is 0. The van der Waals surface area contributed by atoms with Crippen molar-refractivity contribution in [3.63, 3.8) is 0 Å². The maximum Gasteiger partial charge on any atom is 0.255 e.